The largest absolute Gasteiger partial charge is 0.347 e. The van der Waals surface area contributed by atoms with Gasteiger partial charge in [-0.05, 0) is 42.5 Å². The zero-order valence-corrected chi connectivity index (χ0v) is 16.8. The molecule has 142 valence electrons. The van der Waals surface area contributed by atoms with Crippen LogP contribution in [0.2, 0.25) is 0 Å². The molecule has 0 amide bonds. The zero-order chi connectivity index (χ0) is 19.3. The van der Waals surface area contributed by atoms with E-state index in [2.05, 4.69) is 73.4 Å². The normalized spacial score (nSPS) is 12.9. The first-order chi connectivity index (χ1) is 12.9. The highest BCUT2D eigenvalue weighted by molar-refractivity contribution is 5.59. The summed E-state index contributed by atoms with van der Waals surface area (Å²) >= 11 is 0. The lowest BCUT2D eigenvalue weighted by Gasteiger charge is -2.17. The van der Waals surface area contributed by atoms with Crippen molar-refractivity contribution in [1.29, 1.82) is 0 Å². The lowest BCUT2D eigenvalue weighted by molar-refractivity contribution is 0.406. The van der Waals surface area contributed by atoms with E-state index in [1.54, 1.807) is 0 Å². The molecule has 27 heavy (non-hydrogen) atoms. The van der Waals surface area contributed by atoms with Gasteiger partial charge in [0.15, 0.2) is 0 Å². The van der Waals surface area contributed by atoms with E-state index in [0.29, 0.717) is 0 Å². The molecule has 0 spiro atoms. The molecule has 0 aliphatic rings. The number of aromatic nitrogens is 3. The molecule has 0 bridgehead atoms. The first kappa shape index (κ1) is 19.3. The van der Waals surface area contributed by atoms with E-state index >= 15 is 0 Å². The Balaban J connectivity index is 1.73. The number of hydrogen-bond acceptors (Lipinski definition) is 3. The molecule has 1 atom stereocenters. The van der Waals surface area contributed by atoms with Gasteiger partial charge in [-0.2, -0.15) is 0 Å². The van der Waals surface area contributed by atoms with Crippen molar-refractivity contribution >= 4 is 0 Å². The Kier molecular flexibility index (Phi) is 6.07. The van der Waals surface area contributed by atoms with Gasteiger partial charge in [-0.25, -0.2) is 4.98 Å². The van der Waals surface area contributed by atoms with Crippen LogP contribution in [-0.2, 0) is 12.8 Å². The molecule has 2 heterocycles. The summed E-state index contributed by atoms with van der Waals surface area (Å²) in [5, 5.41) is 3.56. The van der Waals surface area contributed by atoms with Crippen LogP contribution in [0.3, 0.4) is 0 Å². The smallest absolute Gasteiger partial charge is 0.123 e. The number of pyridine rings is 1. The highest BCUT2D eigenvalue weighted by atomic mass is 15.0. The number of nitrogens with zero attached hydrogens (tertiary/aromatic N) is 2. The van der Waals surface area contributed by atoms with Gasteiger partial charge in [-0.1, -0.05) is 58.0 Å². The number of benzene rings is 1. The Hall–Kier alpha value is -2.46. The average molecular weight is 363 g/mol. The molecular formula is C23H30N4. The van der Waals surface area contributed by atoms with Crippen LogP contribution in [0.15, 0.2) is 54.9 Å². The first-order valence-electron chi connectivity index (χ1n) is 9.72. The first-order valence-corrected chi connectivity index (χ1v) is 9.72. The van der Waals surface area contributed by atoms with Gasteiger partial charge in [0.25, 0.3) is 0 Å². The van der Waals surface area contributed by atoms with Gasteiger partial charge < -0.3 is 10.3 Å². The molecule has 0 saturated heterocycles. The monoisotopic (exact) mass is 362 g/mol. The van der Waals surface area contributed by atoms with Gasteiger partial charge in [-0.3, -0.25) is 4.98 Å². The topological polar surface area (TPSA) is 53.6 Å². The minimum Gasteiger partial charge on any atom is -0.347 e. The van der Waals surface area contributed by atoms with Crippen LogP contribution in [-0.4, -0.2) is 21.5 Å². The number of H-pyrrole nitrogens is 1. The summed E-state index contributed by atoms with van der Waals surface area (Å²) in [6, 6.07) is 14.8. The van der Waals surface area contributed by atoms with Gasteiger partial charge in [0.2, 0.25) is 0 Å². The second-order valence-electron chi connectivity index (χ2n) is 8.24. The molecular weight excluding hydrogens is 332 g/mol. The maximum atomic E-state index is 4.85. The van der Waals surface area contributed by atoms with Crippen LogP contribution in [0.1, 0.15) is 50.8 Å². The van der Waals surface area contributed by atoms with Crippen LogP contribution < -0.4 is 5.32 Å². The lowest BCUT2D eigenvalue weighted by atomic mass is 9.91. The molecule has 0 aliphatic heterocycles. The standard InChI is InChI=1S/C23H30N4/c1-5-24-21(22-26-16-19(27-22)15-23(2,3)4)14-17-9-11-18(12-10-17)20-8-6-7-13-25-20/h6-13,16,21,24H,5,14-15H2,1-4H3,(H,26,27). The second kappa shape index (κ2) is 8.49. The van der Waals surface area contributed by atoms with Gasteiger partial charge in [0, 0.05) is 18.0 Å². The molecule has 1 aromatic carbocycles. The molecule has 4 nitrogen and oxygen atoms in total. The highest BCUT2D eigenvalue weighted by Crippen LogP contribution is 2.23. The molecule has 2 aromatic heterocycles. The van der Waals surface area contributed by atoms with Crippen molar-refractivity contribution in [2.75, 3.05) is 6.54 Å². The Morgan fingerprint density at radius 3 is 2.48 bits per heavy atom. The fourth-order valence-corrected chi connectivity index (χ4v) is 3.28. The van der Waals surface area contributed by atoms with Gasteiger partial charge in [-0.15, -0.1) is 0 Å². The number of rotatable bonds is 7. The fraction of sp³-hybridized carbons (Fsp3) is 0.391. The predicted octanol–water partition coefficient (Wildman–Crippen LogP) is 4.95. The molecule has 0 radical (unpaired) electrons. The summed E-state index contributed by atoms with van der Waals surface area (Å²) in [5.41, 5.74) is 4.80. The summed E-state index contributed by atoms with van der Waals surface area (Å²) in [4.78, 5) is 12.7. The molecule has 3 aromatic rings. The summed E-state index contributed by atoms with van der Waals surface area (Å²) in [5.74, 6) is 1.02. The third-order valence-electron chi connectivity index (χ3n) is 4.50. The third kappa shape index (κ3) is 5.51. The Labute approximate surface area is 162 Å². The Morgan fingerprint density at radius 2 is 1.85 bits per heavy atom. The van der Waals surface area contributed by atoms with Crippen molar-refractivity contribution in [2.24, 2.45) is 5.41 Å². The number of likely N-dealkylation sites (N-methyl/N-ethyl adjacent to an activating group) is 1. The molecule has 4 heteroatoms. The van der Waals surface area contributed by atoms with Crippen molar-refractivity contribution in [3.63, 3.8) is 0 Å². The summed E-state index contributed by atoms with van der Waals surface area (Å²) in [6.45, 7) is 9.77. The van der Waals surface area contributed by atoms with Crippen LogP contribution in [0.4, 0.5) is 0 Å². The Morgan fingerprint density at radius 1 is 1.07 bits per heavy atom. The molecule has 3 rings (SSSR count). The van der Waals surface area contributed by atoms with Gasteiger partial charge in [0.05, 0.1) is 17.4 Å². The quantitative estimate of drug-likeness (QED) is 0.625. The maximum Gasteiger partial charge on any atom is 0.123 e. The summed E-state index contributed by atoms with van der Waals surface area (Å²) in [6.07, 6.45) is 5.76. The SMILES string of the molecule is CCNC(Cc1ccc(-c2ccccn2)cc1)c1nc(CC(C)(C)C)c[nH]1. The van der Waals surface area contributed by atoms with Crippen molar-refractivity contribution < 1.29 is 0 Å². The van der Waals surface area contributed by atoms with Gasteiger partial charge in [0.1, 0.15) is 5.82 Å². The van der Waals surface area contributed by atoms with Crippen LogP contribution >= 0.6 is 0 Å². The fourth-order valence-electron chi connectivity index (χ4n) is 3.28. The van der Waals surface area contributed by atoms with Crippen LogP contribution in [0.5, 0.6) is 0 Å². The van der Waals surface area contributed by atoms with Gasteiger partial charge >= 0.3 is 0 Å². The number of nitrogens with one attached hydrogen (secondary N) is 2. The van der Waals surface area contributed by atoms with E-state index < -0.39 is 0 Å². The molecule has 0 saturated carbocycles. The van der Waals surface area contributed by atoms with E-state index in [4.69, 9.17) is 4.98 Å². The van der Waals surface area contributed by atoms with E-state index in [-0.39, 0.29) is 11.5 Å². The summed E-state index contributed by atoms with van der Waals surface area (Å²) < 4.78 is 0. The molecule has 2 N–H and O–H groups in total. The number of hydrogen-bond donors (Lipinski definition) is 2. The molecule has 0 aliphatic carbocycles. The van der Waals surface area contributed by atoms with Crippen molar-refractivity contribution in [1.82, 2.24) is 20.3 Å². The molecule has 1 unspecified atom stereocenters. The summed E-state index contributed by atoms with van der Waals surface area (Å²) in [7, 11) is 0. The average Bonchev–Trinajstić information content (AvgIpc) is 3.09. The Bertz CT molecular complexity index is 829. The third-order valence-corrected chi connectivity index (χ3v) is 4.50. The van der Waals surface area contributed by atoms with Crippen molar-refractivity contribution in [3.05, 3.63) is 71.9 Å². The lowest BCUT2D eigenvalue weighted by Crippen LogP contribution is -2.24. The van der Waals surface area contributed by atoms with E-state index in [1.807, 2.05) is 24.4 Å². The number of aromatic amines is 1. The molecule has 0 fully saturated rings. The van der Waals surface area contributed by atoms with Crippen molar-refractivity contribution in [3.8, 4) is 11.3 Å². The minimum atomic E-state index is 0.185. The van der Waals surface area contributed by atoms with E-state index in [9.17, 15) is 0 Å². The van der Waals surface area contributed by atoms with E-state index in [1.165, 1.54) is 5.56 Å². The number of imidazole rings is 1. The van der Waals surface area contributed by atoms with Crippen molar-refractivity contribution in [2.45, 2.75) is 46.6 Å². The van der Waals surface area contributed by atoms with Crippen LogP contribution in [0, 0.1) is 5.41 Å². The minimum absolute atomic E-state index is 0.185. The second-order valence-corrected chi connectivity index (χ2v) is 8.24. The maximum absolute atomic E-state index is 4.85. The zero-order valence-electron chi connectivity index (χ0n) is 16.8. The predicted molar refractivity (Wildman–Crippen MR) is 112 cm³/mol. The van der Waals surface area contributed by atoms with E-state index in [0.717, 1.165) is 42.2 Å². The highest BCUT2D eigenvalue weighted by Gasteiger charge is 2.18. The van der Waals surface area contributed by atoms with Crippen LogP contribution in [0.25, 0.3) is 11.3 Å².